The highest BCUT2D eigenvalue weighted by Crippen LogP contribution is 2.26. The van der Waals surface area contributed by atoms with Gasteiger partial charge >= 0.3 is 0 Å². The molecule has 0 aliphatic heterocycles. The summed E-state index contributed by atoms with van der Waals surface area (Å²) in [5, 5.41) is 15.0. The molecule has 198 valence electrons. The molecule has 1 N–H and O–H groups in total. The summed E-state index contributed by atoms with van der Waals surface area (Å²) in [6.45, 7) is 7.33. The first-order chi connectivity index (χ1) is 18.1. The SMILES string of the molecule is Cc1ccc([C@@H](C(=O)NC(C)(C)C)N(CCc2ccccc2)C(=O)Cn2nnc(-c3ccccc3F)n2)o1. The summed E-state index contributed by atoms with van der Waals surface area (Å²) < 4.78 is 20.1. The van der Waals surface area contributed by atoms with E-state index >= 15 is 0 Å². The van der Waals surface area contributed by atoms with Gasteiger partial charge in [0.05, 0.1) is 5.56 Å². The predicted molar refractivity (Wildman–Crippen MR) is 139 cm³/mol. The van der Waals surface area contributed by atoms with Crippen LogP contribution in [0.1, 0.15) is 43.9 Å². The number of nitrogens with zero attached hydrogens (tertiary/aromatic N) is 5. The standard InChI is InChI=1S/C28H31FN6O3/c1-19-14-15-23(38-19)25(27(37)30-28(2,3)4)34(17-16-20-10-6-5-7-11-20)24(36)18-35-32-26(31-33-35)21-12-8-9-13-22(21)29/h5-15,25H,16-18H2,1-4H3,(H,30,37)/t25-/m0/s1. The molecule has 2 heterocycles. The summed E-state index contributed by atoms with van der Waals surface area (Å²) >= 11 is 0. The van der Waals surface area contributed by atoms with Crippen molar-refractivity contribution in [1.82, 2.24) is 30.4 Å². The van der Waals surface area contributed by atoms with Crippen LogP contribution < -0.4 is 5.32 Å². The Hall–Kier alpha value is -4.34. The van der Waals surface area contributed by atoms with Crippen molar-refractivity contribution in [3.63, 3.8) is 0 Å². The highest BCUT2D eigenvalue weighted by atomic mass is 19.1. The lowest BCUT2D eigenvalue weighted by atomic mass is 10.1. The first kappa shape index (κ1) is 26.7. The molecule has 0 aliphatic carbocycles. The molecular formula is C28H31FN6O3. The number of halogens is 1. The van der Waals surface area contributed by atoms with Gasteiger partial charge in [0.1, 0.15) is 23.9 Å². The average Bonchev–Trinajstić information content (AvgIpc) is 3.50. The van der Waals surface area contributed by atoms with E-state index < -0.39 is 23.3 Å². The van der Waals surface area contributed by atoms with E-state index in [1.54, 1.807) is 31.2 Å². The fourth-order valence-corrected chi connectivity index (χ4v) is 4.03. The molecule has 0 saturated carbocycles. The molecule has 0 unspecified atom stereocenters. The van der Waals surface area contributed by atoms with Crippen LogP contribution in [0.4, 0.5) is 4.39 Å². The molecule has 38 heavy (non-hydrogen) atoms. The number of benzene rings is 2. The van der Waals surface area contributed by atoms with E-state index in [1.807, 2.05) is 51.1 Å². The lowest BCUT2D eigenvalue weighted by Crippen LogP contribution is -2.50. The number of furan rings is 1. The Morgan fingerprint density at radius 2 is 1.76 bits per heavy atom. The van der Waals surface area contributed by atoms with Crippen LogP contribution >= 0.6 is 0 Å². The molecule has 10 heteroatoms. The van der Waals surface area contributed by atoms with Crippen LogP contribution in [0.25, 0.3) is 11.4 Å². The number of carbonyl (C=O) groups is 2. The number of hydrogen-bond acceptors (Lipinski definition) is 6. The first-order valence-corrected chi connectivity index (χ1v) is 12.4. The van der Waals surface area contributed by atoms with Crippen LogP contribution in [-0.2, 0) is 22.6 Å². The minimum Gasteiger partial charge on any atom is -0.464 e. The average molecular weight is 519 g/mol. The zero-order chi connectivity index (χ0) is 27.3. The number of amides is 2. The molecule has 2 aromatic carbocycles. The van der Waals surface area contributed by atoms with Gasteiger partial charge in [-0.2, -0.15) is 4.80 Å². The topological polar surface area (TPSA) is 106 Å². The summed E-state index contributed by atoms with van der Waals surface area (Å²) in [4.78, 5) is 29.9. The van der Waals surface area contributed by atoms with E-state index in [-0.39, 0.29) is 30.4 Å². The lowest BCUT2D eigenvalue weighted by Gasteiger charge is -2.32. The van der Waals surface area contributed by atoms with E-state index in [2.05, 4.69) is 20.7 Å². The molecule has 0 spiro atoms. The molecule has 1 atom stereocenters. The summed E-state index contributed by atoms with van der Waals surface area (Å²) in [5.74, 6) is -0.237. The number of aromatic nitrogens is 4. The van der Waals surface area contributed by atoms with Crippen LogP contribution in [0.2, 0.25) is 0 Å². The Morgan fingerprint density at radius 1 is 1.05 bits per heavy atom. The third-order valence-corrected chi connectivity index (χ3v) is 5.74. The van der Waals surface area contributed by atoms with E-state index in [4.69, 9.17) is 4.42 Å². The van der Waals surface area contributed by atoms with E-state index in [1.165, 1.54) is 17.0 Å². The minimum atomic E-state index is -1.02. The zero-order valence-corrected chi connectivity index (χ0v) is 21.9. The molecule has 0 aliphatic rings. The number of tetrazole rings is 1. The van der Waals surface area contributed by atoms with Gasteiger partial charge in [-0.1, -0.05) is 42.5 Å². The number of carbonyl (C=O) groups excluding carboxylic acids is 2. The van der Waals surface area contributed by atoms with E-state index in [9.17, 15) is 14.0 Å². The molecule has 0 fully saturated rings. The quantitative estimate of drug-likeness (QED) is 0.358. The largest absolute Gasteiger partial charge is 0.464 e. The fraction of sp³-hybridized carbons (Fsp3) is 0.321. The molecule has 2 amide bonds. The number of hydrogen-bond donors (Lipinski definition) is 1. The number of aryl methyl sites for hydroxylation is 1. The lowest BCUT2D eigenvalue weighted by molar-refractivity contribution is -0.143. The zero-order valence-electron chi connectivity index (χ0n) is 21.9. The maximum atomic E-state index is 14.2. The van der Waals surface area contributed by atoms with Gasteiger partial charge in [-0.25, -0.2) is 4.39 Å². The van der Waals surface area contributed by atoms with Crippen LogP contribution in [-0.4, -0.2) is 49.0 Å². The van der Waals surface area contributed by atoms with E-state index in [0.29, 0.717) is 17.9 Å². The van der Waals surface area contributed by atoms with Gasteiger partial charge in [-0.05, 0) is 69.2 Å². The summed E-state index contributed by atoms with van der Waals surface area (Å²) in [6, 6.07) is 18.2. The van der Waals surface area contributed by atoms with Crippen molar-refractivity contribution in [1.29, 1.82) is 0 Å². The maximum Gasteiger partial charge on any atom is 0.251 e. The van der Waals surface area contributed by atoms with Gasteiger partial charge in [0.15, 0.2) is 6.04 Å². The van der Waals surface area contributed by atoms with Gasteiger partial charge in [0.25, 0.3) is 5.91 Å². The molecule has 9 nitrogen and oxygen atoms in total. The van der Waals surface area contributed by atoms with Crippen molar-refractivity contribution >= 4 is 11.8 Å². The predicted octanol–water partition coefficient (Wildman–Crippen LogP) is 4.11. The van der Waals surface area contributed by atoms with Crippen molar-refractivity contribution in [2.24, 2.45) is 0 Å². The monoisotopic (exact) mass is 518 g/mol. The molecule has 4 aromatic rings. The summed E-state index contributed by atoms with van der Waals surface area (Å²) in [6.07, 6.45) is 0.511. The smallest absolute Gasteiger partial charge is 0.251 e. The third kappa shape index (κ3) is 6.70. The van der Waals surface area contributed by atoms with Crippen molar-refractivity contribution in [2.75, 3.05) is 6.54 Å². The van der Waals surface area contributed by atoms with Gasteiger partial charge in [0.2, 0.25) is 11.7 Å². The van der Waals surface area contributed by atoms with Crippen molar-refractivity contribution in [3.05, 3.63) is 89.6 Å². The Balaban J connectivity index is 1.65. The normalized spacial score (nSPS) is 12.2. The van der Waals surface area contributed by atoms with Crippen LogP contribution in [0.15, 0.2) is 71.1 Å². The number of nitrogens with one attached hydrogen (secondary N) is 1. The van der Waals surface area contributed by atoms with Crippen molar-refractivity contribution in [3.8, 4) is 11.4 Å². The van der Waals surface area contributed by atoms with Gasteiger partial charge < -0.3 is 14.6 Å². The summed E-state index contributed by atoms with van der Waals surface area (Å²) in [7, 11) is 0. The Morgan fingerprint density at radius 3 is 2.42 bits per heavy atom. The minimum absolute atomic E-state index is 0.0652. The highest BCUT2D eigenvalue weighted by Gasteiger charge is 2.35. The Kier molecular flexibility index (Phi) is 7.99. The van der Waals surface area contributed by atoms with Gasteiger partial charge in [-0.3, -0.25) is 9.59 Å². The number of rotatable bonds is 9. The van der Waals surface area contributed by atoms with Gasteiger partial charge in [0, 0.05) is 12.1 Å². The fourth-order valence-electron chi connectivity index (χ4n) is 4.03. The molecule has 0 radical (unpaired) electrons. The molecule has 2 aromatic heterocycles. The molecular weight excluding hydrogens is 487 g/mol. The first-order valence-electron chi connectivity index (χ1n) is 12.4. The van der Waals surface area contributed by atoms with Crippen molar-refractivity contribution < 1.29 is 18.4 Å². The Labute approximate surface area is 220 Å². The second-order valence-electron chi connectivity index (χ2n) is 10.0. The second-order valence-corrected chi connectivity index (χ2v) is 10.0. The van der Waals surface area contributed by atoms with Crippen LogP contribution in [0.3, 0.4) is 0 Å². The molecule has 0 saturated heterocycles. The summed E-state index contributed by atoms with van der Waals surface area (Å²) in [5.41, 5.74) is 0.657. The molecule has 0 bridgehead atoms. The van der Waals surface area contributed by atoms with Crippen LogP contribution in [0.5, 0.6) is 0 Å². The maximum absolute atomic E-state index is 14.2. The second kappa shape index (κ2) is 11.4. The van der Waals surface area contributed by atoms with Crippen molar-refractivity contribution in [2.45, 2.75) is 52.2 Å². The van der Waals surface area contributed by atoms with E-state index in [0.717, 1.165) is 10.4 Å². The highest BCUT2D eigenvalue weighted by molar-refractivity contribution is 5.88. The van der Waals surface area contributed by atoms with Gasteiger partial charge in [-0.15, -0.1) is 10.2 Å². The third-order valence-electron chi connectivity index (χ3n) is 5.74. The van der Waals surface area contributed by atoms with Crippen LogP contribution in [0, 0.1) is 12.7 Å². The Bertz CT molecular complexity index is 1390. The molecule has 4 rings (SSSR count).